The number of hydrogen-bond donors (Lipinski definition) is 2. The Morgan fingerprint density at radius 2 is 1.12 bits per heavy atom. The molecule has 0 spiro atoms. The summed E-state index contributed by atoms with van der Waals surface area (Å²) in [6.07, 6.45) is 27.8. The van der Waals surface area contributed by atoms with Crippen LogP contribution in [-0.4, -0.2) is 17.0 Å². The molecule has 0 heterocycles. The van der Waals surface area contributed by atoms with Crippen molar-refractivity contribution in [3.05, 3.63) is 48.0 Å². The van der Waals surface area contributed by atoms with Crippen LogP contribution in [0.1, 0.15) is 133 Å². The van der Waals surface area contributed by atoms with Crippen LogP contribution >= 0.6 is 0 Å². The Hall–Kier alpha value is -2.10. The average molecular weight is 460 g/mol. The predicted molar refractivity (Wildman–Crippen MR) is 141 cm³/mol. The third-order valence-electron chi connectivity index (χ3n) is 5.71. The standard InChI is InChI=1S/C22H43NO.C7H6O2/c1-2-3-4-5-6-7-8-9-10-11-12-13-14-15-16-17-18-19-20-21-22(23)24;8-7(9)6-4-2-1-3-5-6/h9-10H,2-8,11-21H2,1H3,(H2,23,24);1-5H,(H,8,9)/b10-9-;. The van der Waals surface area contributed by atoms with Crippen LogP contribution in [0.15, 0.2) is 42.5 Å². The molecule has 0 bridgehead atoms. The van der Waals surface area contributed by atoms with Gasteiger partial charge in [0, 0.05) is 6.42 Å². The molecule has 1 amide bonds. The smallest absolute Gasteiger partial charge is 0.335 e. The highest BCUT2D eigenvalue weighted by atomic mass is 16.4. The van der Waals surface area contributed by atoms with Gasteiger partial charge in [0.25, 0.3) is 0 Å². The van der Waals surface area contributed by atoms with E-state index in [9.17, 15) is 9.59 Å². The summed E-state index contributed by atoms with van der Waals surface area (Å²) in [4.78, 5) is 20.8. The van der Waals surface area contributed by atoms with Gasteiger partial charge in [-0.25, -0.2) is 4.79 Å². The van der Waals surface area contributed by atoms with E-state index in [-0.39, 0.29) is 5.91 Å². The van der Waals surface area contributed by atoms with Crippen molar-refractivity contribution in [2.24, 2.45) is 5.73 Å². The lowest BCUT2D eigenvalue weighted by atomic mass is 10.1. The molecule has 0 radical (unpaired) electrons. The number of nitrogens with two attached hydrogens (primary N) is 1. The minimum absolute atomic E-state index is 0.156. The number of amides is 1. The van der Waals surface area contributed by atoms with Gasteiger partial charge in [0.2, 0.25) is 5.91 Å². The van der Waals surface area contributed by atoms with Crippen LogP contribution in [0.25, 0.3) is 0 Å². The Morgan fingerprint density at radius 3 is 1.52 bits per heavy atom. The van der Waals surface area contributed by atoms with Crippen molar-refractivity contribution in [2.75, 3.05) is 0 Å². The molecule has 4 heteroatoms. The summed E-state index contributed by atoms with van der Waals surface area (Å²) in [6, 6.07) is 8.30. The zero-order valence-electron chi connectivity index (χ0n) is 21.1. The van der Waals surface area contributed by atoms with Crippen molar-refractivity contribution in [3.63, 3.8) is 0 Å². The molecule has 1 rings (SSSR count). The van der Waals surface area contributed by atoms with Crippen molar-refractivity contribution in [1.29, 1.82) is 0 Å². The molecule has 0 saturated carbocycles. The number of carbonyl (C=O) groups is 2. The second-order valence-electron chi connectivity index (χ2n) is 8.89. The van der Waals surface area contributed by atoms with Gasteiger partial charge in [0.15, 0.2) is 0 Å². The molecule has 4 nitrogen and oxygen atoms in total. The summed E-state index contributed by atoms with van der Waals surface area (Å²) < 4.78 is 0. The zero-order valence-corrected chi connectivity index (χ0v) is 21.1. The summed E-state index contributed by atoms with van der Waals surface area (Å²) in [6.45, 7) is 2.28. The number of rotatable bonds is 20. The van der Waals surface area contributed by atoms with Crippen molar-refractivity contribution < 1.29 is 14.7 Å². The number of allylic oxidation sites excluding steroid dienone is 2. The quantitative estimate of drug-likeness (QED) is 0.152. The van der Waals surface area contributed by atoms with Gasteiger partial charge in [-0.15, -0.1) is 0 Å². The summed E-state index contributed by atoms with van der Waals surface area (Å²) in [5.74, 6) is -1.04. The Bertz CT molecular complexity index is 598. The van der Waals surface area contributed by atoms with Gasteiger partial charge in [0.05, 0.1) is 5.56 Å². The molecule has 0 aliphatic rings. The monoisotopic (exact) mass is 459 g/mol. The maximum absolute atomic E-state index is 10.6. The topological polar surface area (TPSA) is 80.4 Å². The van der Waals surface area contributed by atoms with Crippen LogP contribution in [0.4, 0.5) is 0 Å². The van der Waals surface area contributed by atoms with Crippen molar-refractivity contribution in [3.8, 4) is 0 Å². The number of carboxylic acid groups (broad SMARTS) is 1. The zero-order chi connectivity index (χ0) is 24.4. The predicted octanol–water partition coefficient (Wildman–Crippen LogP) is 8.45. The van der Waals surface area contributed by atoms with Crippen molar-refractivity contribution in [1.82, 2.24) is 0 Å². The maximum atomic E-state index is 10.6. The summed E-state index contributed by atoms with van der Waals surface area (Å²) in [7, 11) is 0. The Balaban J connectivity index is 0.000000938. The van der Waals surface area contributed by atoms with Crippen LogP contribution in [0.5, 0.6) is 0 Å². The third kappa shape index (κ3) is 24.4. The lowest BCUT2D eigenvalue weighted by Gasteiger charge is -2.01. The van der Waals surface area contributed by atoms with E-state index in [0.29, 0.717) is 12.0 Å². The molecule has 0 fully saturated rings. The highest BCUT2D eigenvalue weighted by molar-refractivity contribution is 5.87. The first-order valence-corrected chi connectivity index (χ1v) is 13.3. The van der Waals surface area contributed by atoms with E-state index in [4.69, 9.17) is 10.8 Å². The molecule has 0 aliphatic carbocycles. The molecular formula is C29H49NO3. The van der Waals surface area contributed by atoms with Gasteiger partial charge in [-0.05, 0) is 44.2 Å². The Morgan fingerprint density at radius 1 is 0.697 bits per heavy atom. The number of unbranched alkanes of at least 4 members (excludes halogenated alkanes) is 15. The number of carboxylic acids is 1. The van der Waals surface area contributed by atoms with E-state index >= 15 is 0 Å². The van der Waals surface area contributed by atoms with Crippen LogP contribution in [0, 0.1) is 0 Å². The molecule has 0 atom stereocenters. The second-order valence-corrected chi connectivity index (χ2v) is 8.89. The number of carbonyl (C=O) groups excluding carboxylic acids is 1. The summed E-state index contributed by atoms with van der Waals surface area (Å²) in [5, 5.41) is 8.38. The summed E-state index contributed by atoms with van der Waals surface area (Å²) in [5.41, 5.74) is 5.46. The minimum atomic E-state index is -0.879. The third-order valence-corrected chi connectivity index (χ3v) is 5.71. The van der Waals surface area contributed by atoms with Gasteiger partial charge in [0.1, 0.15) is 0 Å². The first kappa shape index (κ1) is 30.9. The van der Waals surface area contributed by atoms with Gasteiger partial charge < -0.3 is 10.8 Å². The van der Waals surface area contributed by atoms with Gasteiger partial charge in [-0.3, -0.25) is 4.79 Å². The van der Waals surface area contributed by atoms with E-state index in [1.807, 2.05) is 0 Å². The fourth-order valence-electron chi connectivity index (χ4n) is 3.66. The van der Waals surface area contributed by atoms with E-state index in [0.717, 1.165) is 12.8 Å². The minimum Gasteiger partial charge on any atom is -0.478 e. The first-order valence-electron chi connectivity index (χ1n) is 13.3. The Kier molecular flexibility index (Phi) is 23.0. The van der Waals surface area contributed by atoms with Gasteiger partial charge >= 0.3 is 5.97 Å². The van der Waals surface area contributed by atoms with E-state index in [2.05, 4.69) is 19.1 Å². The van der Waals surface area contributed by atoms with Crippen molar-refractivity contribution >= 4 is 11.9 Å². The largest absolute Gasteiger partial charge is 0.478 e. The van der Waals surface area contributed by atoms with Crippen LogP contribution in [-0.2, 0) is 4.79 Å². The molecule has 1 aromatic carbocycles. The van der Waals surface area contributed by atoms with Crippen molar-refractivity contribution in [2.45, 2.75) is 122 Å². The molecule has 33 heavy (non-hydrogen) atoms. The van der Waals surface area contributed by atoms with Gasteiger partial charge in [-0.1, -0.05) is 114 Å². The van der Waals surface area contributed by atoms with Gasteiger partial charge in [-0.2, -0.15) is 0 Å². The van der Waals surface area contributed by atoms with E-state index < -0.39 is 5.97 Å². The molecule has 3 N–H and O–H groups in total. The van der Waals surface area contributed by atoms with E-state index in [1.54, 1.807) is 30.3 Å². The highest BCUT2D eigenvalue weighted by Crippen LogP contribution is 2.12. The van der Waals surface area contributed by atoms with Crippen LogP contribution < -0.4 is 5.73 Å². The molecular weight excluding hydrogens is 410 g/mol. The van der Waals surface area contributed by atoms with Crippen LogP contribution in [0.2, 0.25) is 0 Å². The van der Waals surface area contributed by atoms with E-state index in [1.165, 1.54) is 96.3 Å². The van der Waals surface area contributed by atoms with Crippen LogP contribution in [0.3, 0.4) is 0 Å². The number of aromatic carboxylic acids is 1. The normalized spacial score (nSPS) is 10.7. The maximum Gasteiger partial charge on any atom is 0.335 e. The second kappa shape index (κ2) is 24.5. The molecule has 1 aromatic rings. The number of primary amides is 1. The molecule has 0 aliphatic heterocycles. The Labute approximate surface area is 203 Å². The average Bonchev–Trinajstić information content (AvgIpc) is 2.81. The number of hydrogen-bond acceptors (Lipinski definition) is 2. The lowest BCUT2D eigenvalue weighted by molar-refractivity contribution is -0.118. The fourth-order valence-corrected chi connectivity index (χ4v) is 3.66. The first-order chi connectivity index (χ1) is 16.1. The number of benzene rings is 1. The molecule has 0 saturated heterocycles. The molecule has 0 unspecified atom stereocenters. The summed E-state index contributed by atoms with van der Waals surface area (Å²) >= 11 is 0. The fraction of sp³-hybridized carbons (Fsp3) is 0.655. The molecule has 188 valence electrons. The molecule has 0 aromatic heterocycles. The SMILES string of the molecule is CCCCCCCC/C=C\CCCCCCCCCCCC(N)=O.O=C(O)c1ccccc1. The highest BCUT2D eigenvalue weighted by Gasteiger charge is 1.97. The lowest BCUT2D eigenvalue weighted by Crippen LogP contribution is -2.09.